The van der Waals surface area contributed by atoms with Crippen LogP contribution in [0.25, 0.3) is 6.08 Å². The number of methoxy groups -OCH3 is 2. The Bertz CT molecular complexity index is 828. The van der Waals surface area contributed by atoms with Crippen LogP contribution >= 0.6 is 15.9 Å². The van der Waals surface area contributed by atoms with Crippen LogP contribution in [0.3, 0.4) is 0 Å². The fourth-order valence-electron chi connectivity index (χ4n) is 1.98. The van der Waals surface area contributed by atoms with Gasteiger partial charge in [-0.25, -0.2) is 9.59 Å². The van der Waals surface area contributed by atoms with Crippen LogP contribution in [0.2, 0.25) is 0 Å². The number of rotatable bonds is 5. The molecule has 0 amide bonds. The second-order valence-corrected chi connectivity index (χ2v) is 5.72. The third kappa shape index (κ3) is 4.60. The van der Waals surface area contributed by atoms with Crippen molar-refractivity contribution < 1.29 is 28.9 Å². The fraction of sp³-hybridized carbons (Fsp3) is 0.111. The molecular formula is C18H15BrO6. The monoisotopic (exact) mass is 406 g/mol. The first kappa shape index (κ1) is 18.5. The number of phenols is 1. The largest absolute Gasteiger partial charge is 0.504 e. The molecule has 1 N–H and O–H groups in total. The predicted molar refractivity (Wildman–Crippen MR) is 94.2 cm³/mol. The molecule has 0 atom stereocenters. The highest BCUT2D eigenvalue weighted by Crippen LogP contribution is 2.32. The number of carbonyl (C=O) groups excluding carboxylic acids is 2. The van der Waals surface area contributed by atoms with Crippen LogP contribution in [0, 0.1) is 0 Å². The molecule has 0 unspecified atom stereocenters. The number of benzene rings is 2. The molecule has 0 heterocycles. The molecule has 0 aliphatic carbocycles. The van der Waals surface area contributed by atoms with Crippen LogP contribution in [0.1, 0.15) is 15.9 Å². The second-order valence-electron chi connectivity index (χ2n) is 4.80. The summed E-state index contributed by atoms with van der Waals surface area (Å²) in [4.78, 5) is 23.6. The average Bonchev–Trinajstić information content (AvgIpc) is 2.61. The Morgan fingerprint density at radius 2 is 1.80 bits per heavy atom. The summed E-state index contributed by atoms with van der Waals surface area (Å²) in [7, 11) is 2.41. The minimum atomic E-state index is -0.733. The first-order chi connectivity index (χ1) is 12.0. The molecule has 2 rings (SSSR count). The predicted octanol–water partition coefficient (Wildman–Crippen LogP) is 3.53. The zero-order valence-electron chi connectivity index (χ0n) is 13.5. The summed E-state index contributed by atoms with van der Waals surface area (Å²) in [6.45, 7) is 0. The smallest absolute Gasteiger partial charge is 0.373 e. The van der Waals surface area contributed by atoms with Crippen molar-refractivity contribution in [2.45, 2.75) is 0 Å². The quantitative estimate of drug-likeness (QED) is 0.464. The van der Waals surface area contributed by atoms with E-state index in [0.29, 0.717) is 5.56 Å². The van der Waals surface area contributed by atoms with Gasteiger partial charge in [-0.15, -0.1) is 0 Å². The molecule has 0 fully saturated rings. The van der Waals surface area contributed by atoms with E-state index < -0.39 is 17.7 Å². The van der Waals surface area contributed by atoms with Crippen molar-refractivity contribution in [2.75, 3.05) is 14.2 Å². The van der Waals surface area contributed by atoms with Crippen LogP contribution < -0.4 is 4.74 Å². The number of phenolic OH excluding ortho intramolecular Hbond substituents is 1. The van der Waals surface area contributed by atoms with E-state index >= 15 is 0 Å². The van der Waals surface area contributed by atoms with Crippen LogP contribution in [0.5, 0.6) is 11.5 Å². The Morgan fingerprint density at radius 1 is 1.08 bits per heavy atom. The number of carbonyl (C=O) groups is 2. The standard InChI is InChI=1S/C18H15BrO6/c1-23-17(21)13-7-4-8-14(16(13)20)25-15(18(22)24-2)10-11-5-3-6-12(19)9-11/h3-10,20H,1-2H3/b15-10-. The van der Waals surface area contributed by atoms with Gasteiger partial charge < -0.3 is 19.3 Å². The highest BCUT2D eigenvalue weighted by molar-refractivity contribution is 9.10. The lowest BCUT2D eigenvalue weighted by Gasteiger charge is -2.11. The van der Waals surface area contributed by atoms with Crippen molar-refractivity contribution in [1.82, 2.24) is 0 Å². The number of hydrogen-bond donors (Lipinski definition) is 1. The summed E-state index contributed by atoms with van der Waals surface area (Å²) >= 11 is 3.34. The molecule has 25 heavy (non-hydrogen) atoms. The summed E-state index contributed by atoms with van der Waals surface area (Å²) in [6.07, 6.45) is 1.46. The lowest BCUT2D eigenvalue weighted by atomic mass is 10.2. The van der Waals surface area contributed by atoms with E-state index in [-0.39, 0.29) is 17.1 Å². The summed E-state index contributed by atoms with van der Waals surface area (Å²) in [5, 5.41) is 10.2. The van der Waals surface area contributed by atoms with Crippen LogP contribution in [-0.4, -0.2) is 31.3 Å². The maximum absolute atomic E-state index is 12.0. The van der Waals surface area contributed by atoms with Gasteiger partial charge >= 0.3 is 11.9 Å². The Balaban J connectivity index is 2.42. The van der Waals surface area contributed by atoms with Crippen molar-refractivity contribution in [3.63, 3.8) is 0 Å². The van der Waals surface area contributed by atoms with Gasteiger partial charge in [-0.1, -0.05) is 34.1 Å². The molecule has 2 aromatic carbocycles. The first-order valence-electron chi connectivity index (χ1n) is 7.10. The molecule has 0 aliphatic rings. The highest BCUT2D eigenvalue weighted by Gasteiger charge is 2.19. The second kappa shape index (κ2) is 8.34. The number of ether oxygens (including phenoxy) is 3. The maximum atomic E-state index is 12.0. The van der Waals surface area contributed by atoms with E-state index in [0.717, 1.165) is 4.47 Å². The minimum Gasteiger partial charge on any atom is -0.504 e. The lowest BCUT2D eigenvalue weighted by Crippen LogP contribution is -2.11. The molecule has 0 aliphatic heterocycles. The van der Waals surface area contributed by atoms with E-state index in [4.69, 9.17) is 9.47 Å². The zero-order valence-corrected chi connectivity index (χ0v) is 15.1. The number of aromatic hydroxyl groups is 1. The summed E-state index contributed by atoms with van der Waals surface area (Å²) in [5.74, 6) is -2.12. The molecule has 2 aromatic rings. The van der Waals surface area contributed by atoms with Crippen molar-refractivity contribution in [3.05, 3.63) is 63.8 Å². The Morgan fingerprint density at radius 3 is 2.44 bits per heavy atom. The van der Waals surface area contributed by atoms with Gasteiger partial charge in [0, 0.05) is 4.47 Å². The van der Waals surface area contributed by atoms with Crippen molar-refractivity contribution >= 4 is 33.9 Å². The molecule has 0 bridgehead atoms. The fourth-order valence-corrected chi connectivity index (χ4v) is 2.39. The molecular weight excluding hydrogens is 392 g/mol. The molecule has 130 valence electrons. The average molecular weight is 407 g/mol. The molecule has 0 spiro atoms. The van der Waals surface area contributed by atoms with Gasteiger partial charge in [0.1, 0.15) is 5.56 Å². The number of para-hydroxylation sites is 1. The molecule has 0 aromatic heterocycles. The van der Waals surface area contributed by atoms with E-state index in [1.165, 1.54) is 38.5 Å². The van der Waals surface area contributed by atoms with Gasteiger partial charge in [0.25, 0.3) is 0 Å². The lowest BCUT2D eigenvalue weighted by molar-refractivity contribution is -0.138. The molecule has 7 heteroatoms. The third-order valence-electron chi connectivity index (χ3n) is 3.16. The topological polar surface area (TPSA) is 82.1 Å². The Labute approximate surface area is 152 Å². The normalized spacial score (nSPS) is 10.9. The van der Waals surface area contributed by atoms with Gasteiger partial charge in [-0.3, -0.25) is 0 Å². The molecule has 0 radical (unpaired) electrons. The van der Waals surface area contributed by atoms with Crippen molar-refractivity contribution in [2.24, 2.45) is 0 Å². The molecule has 0 saturated carbocycles. The zero-order chi connectivity index (χ0) is 18.4. The van der Waals surface area contributed by atoms with E-state index in [1.807, 2.05) is 6.07 Å². The Hall–Kier alpha value is -2.80. The van der Waals surface area contributed by atoms with Gasteiger partial charge in [0.2, 0.25) is 5.76 Å². The van der Waals surface area contributed by atoms with Gasteiger partial charge in [0.05, 0.1) is 14.2 Å². The highest BCUT2D eigenvalue weighted by atomic mass is 79.9. The summed E-state index contributed by atoms with van der Waals surface area (Å²) in [6, 6.07) is 11.5. The van der Waals surface area contributed by atoms with Gasteiger partial charge in [0.15, 0.2) is 11.5 Å². The first-order valence-corrected chi connectivity index (χ1v) is 7.89. The van der Waals surface area contributed by atoms with Gasteiger partial charge in [-0.2, -0.15) is 0 Å². The Kier molecular flexibility index (Phi) is 6.19. The summed E-state index contributed by atoms with van der Waals surface area (Å²) < 4.78 is 15.6. The van der Waals surface area contributed by atoms with E-state index in [2.05, 4.69) is 20.7 Å². The van der Waals surface area contributed by atoms with E-state index in [1.54, 1.807) is 18.2 Å². The van der Waals surface area contributed by atoms with Crippen molar-refractivity contribution in [3.8, 4) is 11.5 Å². The van der Waals surface area contributed by atoms with Gasteiger partial charge in [-0.05, 0) is 35.9 Å². The molecule has 0 saturated heterocycles. The maximum Gasteiger partial charge on any atom is 0.373 e. The number of esters is 2. The third-order valence-corrected chi connectivity index (χ3v) is 3.65. The molecule has 6 nitrogen and oxygen atoms in total. The number of hydrogen-bond acceptors (Lipinski definition) is 6. The van der Waals surface area contributed by atoms with Crippen LogP contribution in [0.15, 0.2) is 52.7 Å². The van der Waals surface area contributed by atoms with Crippen LogP contribution in [-0.2, 0) is 14.3 Å². The van der Waals surface area contributed by atoms with Crippen molar-refractivity contribution in [1.29, 1.82) is 0 Å². The summed E-state index contributed by atoms with van der Waals surface area (Å²) in [5.41, 5.74) is 0.602. The van der Waals surface area contributed by atoms with Crippen LogP contribution in [0.4, 0.5) is 0 Å². The van der Waals surface area contributed by atoms with E-state index in [9.17, 15) is 14.7 Å². The SMILES string of the molecule is COC(=O)/C(=C/c1cccc(Br)c1)Oc1cccc(C(=O)OC)c1O. The minimum absolute atomic E-state index is 0.0745. The number of halogens is 1.